The number of aliphatic hydroxyl groups is 1. The van der Waals surface area contributed by atoms with Crippen LogP contribution in [0.1, 0.15) is 17.0 Å². The Bertz CT molecular complexity index is 1500. The fraction of sp³-hybridized carbons (Fsp3) is 0.0800. The molecule has 0 aliphatic rings. The maximum Gasteiger partial charge on any atom is 0.275 e. The third kappa shape index (κ3) is 3.53. The summed E-state index contributed by atoms with van der Waals surface area (Å²) in [5.41, 5.74) is 0.692. The summed E-state index contributed by atoms with van der Waals surface area (Å²) in [6.07, 6.45) is 0. The van der Waals surface area contributed by atoms with Gasteiger partial charge in [-0.25, -0.2) is 4.39 Å². The van der Waals surface area contributed by atoms with Gasteiger partial charge in [-0.1, -0.05) is 47.6 Å². The van der Waals surface area contributed by atoms with Crippen molar-refractivity contribution in [3.63, 3.8) is 0 Å². The molecule has 0 fully saturated rings. The Morgan fingerprint density at radius 3 is 2.41 bits per heavy atom. The summed E-state index contributed by atoms with van der Waals surface area (Å²) < 4.78 is 20.9. The lowest BCUT2D eigenvalue weighted by molar-refractivity contribution is -0.134. The van der Waals surface area contributed by atoms with Crippen LogP contribution in [0.4, 0.5) is 4.39 Å². The summed E-state index contributed by atoms with van der Waals surface area (Å²) in [7, 11) is 0. The second kappa shape index (κ2) is 8.40. The minimum absolute atomic E-state index is 0.320. The van der Waals surface area contributed by atoms with Crippen molar-refractivity contribution in [2.75, 3.05) is 0 Å². The number of hydrogen-bond donors (Lipinski definition) is 2. The molecule has 1 atom stereocenters. The van der Waals surface area contributed by atoms with Crippen molar-refractivity contribution in [2.24, 2.45) is 0 Å². The topological polar surface area (TPSA) is 93.2 Å². The minimum Gasteiger partial charge on any atom is -0.372 e. The van der Waals surface area contributed by atoms with Gasteiger partial charge in [0.25, 0.3) is 5.91 Å². The monoisotopic (exact) mass is 476 g/mol. The molecule has 0 saturated carbocycles. The van der Waals surface area contributed by atoms with E-state index in [2.05, 4.69) is 10.1 Å². The zero-order valence-corrected chi connectivity index (χ0v) is 18.6. The van der Waals surface area contributed by atoms with Gasteiger partial charge in [0.05, 0.1) is 11.2 Å². The Morgan fingerprint density at radius 2 is 1.76 bits per heavy atom. The highest BCUT2D eigenvalue weighted by molar-refractivity contribution is 6.23. The van der Waals surface area contributed by atoms with Gasteiger partial charge in [0, 0.05) is 29.8 Å². The number of carbonyl (C=O) groups excluding carboxylic acids is 1. The average Bonchev–Trinajstić information content (AvgIpc) is 3.46. The molecule has 0 aliphatic carbocycles. The number of hydrogen-bond acceptors (Lipinski definition) is 5. The molecule has 5 aromatic rings. The molecule has 0 saturated heterocycles. The summed E-state index contributed by atoms with van der Waals surface area (Å²) in [5.74, 6) is -0.400. The first-order chi connectivity index (χ1) is 16.4. The van der Waals surface area contributed by atoms with Gasteiger partial charge in [-0.2, -0.15) is 4.98 Å². The van der Waals surface area contributed by atoms with Crippen LogP contribution in [0.3, 0.4) is 0 Å². The fourth-order valence-electron chi connectivity index (χ4n) is 4.06. The standard InChI is InChI=1S/C25H18ClFN4O3/c1-15-28-23(30-34-15)22-14-16-13-19(27)9-12-21(16)31(22)20-10-7-18(8-11-20)25(33,24(32)29-26)17-5-3-2-4-6-17/h2-14,33H,1H3,(H,29,32). The van der Waals surface area contributed by atoms with E-state index in [4.69, 9.17) is 16.3 Å². The number of halogens is 2. The van der Waals surface area contributed by atoms with E-state index in [0.717, 1.165) is 5.52 Å². The molecule has 1 unspecified atom stereocenters. The normalized spacial score (nSPS) is 13.1. The molecule has 0 aliphatic heterocycles. The smallest absolute Gasteiger partial charge is 0.275 e. The van der Waals surface area contributed by atoms with Crippen LogP contribution < -0.4 is 4.84 Å². The number of aryl methyl sites for hydroxylation is 1. The van der Waals surface area contributed by atoms with E-state index in [0.29, 0.717) is 39.6 Å². The largest absolute Gasteiger partial charge is 0.372 e. The highest BCUT2D eigenvalue weighted by atomic mass is 35.5. The predicted octanol–water partition coefficient (Wildman–Crippen LogP) is 4.63. The third-order valence-electron chi connectivity index (χ3n) is 5.67. The first-order valence-electron chi connectivity index (χ1n) is 10.3. The molecule has 0 radical (unpaired) electrons. The molecule has 0 spiro atoms. The van der Waals surface area contributed by atoms with Crippen molar-refractivity contribution in [1.29, 1.82) is 0 Å². The van der Waals surface area contributed by atoms with Crippen LogP contribution in [0.25, 0.3) is 28.1 Å². The van der Waals surface area contributed by atoms with Crippen LogP contribution in [0, 0.1) is 12.7 Å². The molecule has 34 heavy (non-hydrogen) atoms. The Balaban J connectivity index is 1.67. The average molecular weight is 477 g/mol. The molecule has 2 aromatic heterocycles. The second-order valence-electron chi connectivity index (χ2n) is 7.75. The fourth-order valence-corrected chi connectivity index (χ4v) is 4.20. The third-order valence-corrected chi connectivity index (χ3v) is 5.84. The highest BCUT2D eigenvalue weighted by Crippen LogP contribution is 2.34. The second-order valence-corrected chi connectivity index (χ2v) is 7.94. The van der Waals surface area contributed by atoms with Gasteiger partial charge >= 0.3 is 0 Å². The van der Waals surface area contributed by atoms with Crippen LogP contribution in [-0.4, -0.2) is 25.7 Å². The number of amides is 1. The summed E-state index contributed by atoms with van der Waals surface area (Å²) >= 11 is 5.60. The number of rotatable bonds is 5. The van der Waals surface area contributed by atoms with E-state index >= 15 is 0 Å². The number of fused-ring (bicyclic) bond motifs is 1. The molecule has 9 heteroatoms. The number of nitrogens with one attached hydrogen (secondary N) is 1. The predicted molar refractivity (Wildman–Crippen MR) is 125 cm³/mol. The molecule has 5 rings (SSSR count). The zero-order chi connectivity index (χ0) is 23.9. The first kappa shape index (κ1) is 21.8. The molecule has 7 nitrogen and oxygen atoms in total. The number of aromatic nitrogens is 3. The Labute approximate surface area is 198 Å². The van der Waals surface area contributed by atoms with Crippen molar-refractivity contribution >= 4 is 28.6 Å². The zero-order valence-electron chi connectivity index (χ0n) is 17.9. The van der Waals surface area contributed by atoms with Crippen LogP contribution in [-0.2, 0) is 10.4 Å². The number of benzene rings is 3. The summed E-state index contributed by atoms with van der Waals surface area (Å²) in [6.45, 7) is 1.68. The van der Waals surface area contributed by atoms with Crippen molar-refractivity contribution in [3.05, 3.63) is 102 Å². The molecular weight excluding hydrogens is 459 g/mol. The summed E-state index contributed by atoms with van der Waals surface area (Å²) in [6, 6.07) is 21.5. The van der Waals surface area contributed by atoms with E-state index in [1.54, 1.807) is 73.7 Å². The molecule has 2 N–H and O–H groups in total. The maximum atomic E-state index is 13.9. The molecule has 0 bridgehead atoms. The van der Waals surface area contributed by atoms with E-state index in [-0.39, 0.29) is 5.82 Å². The summed E-state index contributed by atoms with van der Waals surface area (Å²) in [5, 5.41) is 16.1. The van der Waals surface area contributed by atoms with E-state index in [1.165, 1.54) is 12.1 Å². The Kier molecular flexibility index (Phi) is 5.39. The van der Waals surface area contributed by atoms with E-state index in [9.17, 15) is 14.3 Å². The van der Waals surface area contributed by atoms with Gasteiger partial charge in [0.1, 0.15) is 5.82 Å². The number of nitrogens with zero attached hydrogens (tertiary/aromatic N) is 3. The van der Waals surface area contributed by atoms with Crippen molar-refractivity contribution in [1.82, 2.24) is 19.5 Å². The maximum absolute atomic E-state index is 13.9. The molecule has 2 heterocycles. The van der Waals surface area contributed by atoms with Gasteiger partial charge in [-0.05, 0) is 47.5 Å². The van der Waals surface area contributed by atoms with Crippen LogP contribution >= 0.6 is 11.8 Å². The molecule has 170 valence electrons. The first-order valence-corrected chi connectivity index (χ1v) is 10.7. The van der Waals surface area contributed by atoms with Crippen molar-refractivity contribution in [3.8, 4) is 17.2 Å². The van der Waals surface area contributed by atoms with Crippen LogP contribution in [0.2, 0.25) is 0 Å². The van der Waals surface area contributed by atoms with Crippen molar-refractivity contribution < 1.29 is 18.8 Å². The highest BCUT2D eigenvalue weighted by Gasteiger charge is 2.39. The Morgan fingerprint density at radius 1 is 1.06 bits per heavy atom. The summed E-state index contributed by atoms with van der Waals surface area (Å²) in [4.78, 5) is 19.0. The van der Waals surface area contributed by atoms with Gasteiger partial charge in [0.15, 0.2) is 5.60 Å². The lowest BCUT2D eigenvalue weighted by atomic mass is 9.85. The SMILES string of the molecule is Cc1nc(-c2cc3cc(F)ccc3n2-c2ccc(C(O)(C(=O)NCl)c3ccccc3)cc2)no1. The number of carbonyl (C=O) groups is 1. The van der Waals surface area contributed by atoms with Gasteiger partial charge in [-0.15, -0.1) is 0 Å². The van der Waals surface area contributed by atoms with Gasteiger partial charge < -0.3 is 14.2 Å². The molecule has 1 amide bonds. The quantitative estimate of drug-likeness (QED) is 0.361. The van der Waals surface area contributed by atoms with Gasteiger partial charge in [-0.3, -0.25) is 9.63 Å². The Hall–Kier alpha value is -4.01. The van der Waals surface area contributed by atoms with E-state index in [1.807, 2.05) is 9.40 Å². The lowest BCUT2D eigenvalue weighted by Gasteiger charge is -2.27. The minimum atomic E-state index is -2.00. The molecular formula is C25H18ClFN4O3. The van der Waals surface area contributed by atoms with Crippen LogP contribution in [0.15, 0.2) is 83.4 Å². The van der Waals surface area contributed by atoms with Crippen LogP contribution in [0.5, 0.6) is 0 Å². The van der Waals surface area contributed by atoms with E-state index < -0.39 is 11.5 Å². The lowest BCUT2D eigenvalue weighted by Crippen LogP contribution is -2.42. The van der Waals surface area contributed by atoms with Gasteiger partial charge in [0.2, 0.25) is 11.7 Å². The molecule has 3 aromatic carbocycles. The van der Waals surface area contributed by atoms with Crippen molar-refractivity contribution in [2.45, 2.75) is 12.5 Å².